The topological polar surface area (TPSA) is 75.8 Å². The van der Waals surface area contributed by atoms with Crippen LogP contribution in [0.1, 0.15) is 45.3 Å². The Labute approximate surface area is 130 Å². The van der Waals surface area contributed by atoms with Gasteiger partial charge in [0, 0.05) is 24.6 Å². The van der Waals surface area contributed by atoms with Gasteiger partial charge in [0.15, 0.2) is 11.6 Å². The summed E-state index contributed by atoms with van der Waals surface area (Å²) in [6, 6.07) is 1.85. The maximum Gasteiger partial charge on any atom is 0.317 e. The van der Waals surface area contributed by atoms with Crippen molar-refractivity contribution in [2.45, 2.75) is 45.6 Å². The number of aliphatic hydroxyl groups is 1. The molecule has 2 fully saturated rings. The Kier molecular flexibility index (Phi) is 3.89. The highest BCUT2D eigenvalue weighted by Gasteiger charge is 2.52. The number of anilines is 1. The molecule has 1 aromatic heterocycles. The maximum atomic E-state index is 12.1. The molecule has 1 aromatic rings. The molecule has 6 heteroatoms. The van der Waals surface area contributed by atoms with Crippen molar-refractivity contribution in [2.24, 2.45) is 11.3 Å². The van der Waals surface area contributed by atoms with Crippen molar-refractivity contribution in [3.8, 4) is 0 Å². The van der Waals surface area contributed by atoms with E-state index < -0.39 is 5.92 Å². The monoisotopic (exact) mass is 308 g/mol. The third kappa shape index (κ3) is 2.60. The standard InChI is InChI=1S/C16H24N2O4/c1-4-21-15(20)14(10(2)3)12-5-13(17-22-12)18-8-16(9-18)6-11(19)7-16/h5,10-11,14,19H,4,6-9H2,1-3H3. The molecule has 0 amide bonds. The number of carbonyl (C=O) groups is 1. The molecule has 1 saturated carbocycles. The summed E-state index contributed by atoms with van der Waals surface area (Å²) in [7, 11) is 0. The molecule has 22 heavy (non-hydrogen) atoms. The molecule has 0 bridgehead atoms. The molecule has 6 nitrogen and oxygen atoms in total. The average Bonchev–Trinajstić information content (AvgIpc) is 2.80. The minimum absolute atomic E-state index is 0.0874. The van der Waals surface area contributed by atoms with E-state index in [0.717, 1.165) is 31.7 Å². The highest BCUT2D eigenvalue weighted by Crippen LogP contribution is 2.49. The predicted octanol–water partition coefficient (Wildman–Crippen LogP) is 1.94. The minimum atomic E-state index is -0.415. The van der Waals surface area contributed by atoms with Gasteiger partial charge in [0.2, 0.25) is 0 Å². The summed E-state index contributed by atoms with van der Waals surface area (Å²) in [6.07, 6.45) is 1.63. The number of aliphatic hydroxyl groups excluding tert-OH is 1. The van der Waals surface area contributed by atoms with Crippen LogP contribution in [0, 0.1) is 11.3 Å². The second-order valence-electron chi connectivity index (χ2n) is 6.98. The Morgan fingerprint density at radius 1 is 1.55 bits per heavy atom. The van der Waals surface area contributed by atoms with Gasteiger partial charge in [-0.05, 0) is 25.7 Å². The summed E-state index contributed by atoms with van der Waals surface area (Å²) >= 11 is 0. The maximum absolute atomic E-state index is 12.1. The molecule has 1 saturated heterocycles. The fourth-order valence-corrected chi connectivity index (χ4v) is 3.65. The van der Waals surface area contributed by atoms with E-state index in [1.807, 2.05) is 19.9 Å². The third-order valence-electron chi connectivity index (χ3n) is 4.74. The summed E-state index contributed by atoms with van der Waals surface area (Å²) in [4.78, 5) is 14.2. The predicted molar refractivity (Wildman–Crippen MR) is 80.6 cm³/mol. The van der Waals surface area contributed by atoms with Crippen LogP contribution in [-0.4, -0.2) is 42.0 Å². The van der Waals surface area contributed by atoms with Crippen LogP contribution >= 0.6 is 0 Å². The van der Waals surface area contributed by atoms with Gasteiger partial charge in [-0.25, -0.2) is 0 Å². The first kappa shape index (κ1) is 15.3. The Morgan fingerprint density at radius 3 is 2.77 bits per heavy atom. The van der Waals surface area contributed by atoms with Gasteiger partial charge in [-0.15, -0.1) is 0 Å². The molecule has 1 N–H and O–H groups in total. The highest BCUT2D eigenvalue weighted by molar-refractivity contribution is 5.78. The number of hydrogen-bond donors (Lipinski definition) is 1. The fourth-order valence-electron chi connectivity index (χ4n) is 3.65. The van der Waals surface area contributed by atoms with Crippen LogP contribution in [0.15, 0.2) is 10.6 Å². The third-order valence-corrected chi connectivity index (χ3v) is 4.74. The van der Waals surface area contributed by atoms with Crippen LogP contribution in [0.4, 0.5) is 5.82 Å². The molecule has 1 spiro atoms. The lowest BCUT2D eigenvalue weighted by atomic mass is 9.62. The lowest BCUT2D eigenvalue weighted by molar-refractivity contribution is -0.146. The zero-order valence-electron chi connectivity index (χ0n) is 13.4. The lowest BCUT2D eigenvalue weighted by Crippen LogP contribution is -2.64. The van der Waals surface area contributed by atoms with Crippen LogP contribution in [-0.2, 0) is 9.53 Å². The summed E-state index contributed by atoms with van der Waals surface area (Å²) in [6.45, 7) is 7.91. The van der Waals surface area contributed by atoms with E-state index in [9.17, 15) is 9.90 Å². The van der Waals surface area contributed by atoms with Crippen molar-refractivity contribution in [3.05, 3.63) is 11.8 Å². The minimum Gasteiger partial charge on any atom is -0.465 e. The summed E-state index contributed by atoms with van der Waals surface area (Å²) in [5.41, 5.74) is 0.275. The number of ether oxygens (including phenoxy) is 1. The van der Waals surface area contributed by atoms with Gasteiger partial charge < -0.3 is 19.3 Å². The molecule has 122 valence electrons. The van der Waals surface area contributed by atoms with Crippen molar-refractivity contribution >= 4 is 11.8 Å². The first-order valence-corrected chi connectivity index (χ1v) is 8.00. The van der Waals surface area contributed by atoms with E-state index in [1.165, 1.54) is 0 Å². The smallest absolute Gasteiger partial charge is 0.317 e. The van der Waals surface area contributed by atoms with E-state index in [-0.39, 0.29) is 23.4 Å². The zero-order chi connectivity index (χ0) is 15.9. The highest BCUT2D eigenvalue weighted by atomic mass is 16.5. The van der Waals surface area contributed by atoms with E-state index in [2.05, 4.69) is 10.1 Å². The van der Waals surface area contributed by atoms with Crippen molar-refractivity contribution in [3.63, 3.8) is 0 Å². The molecule has 1 atom stereocenters. The van der Waals surface area contributed by atoms with Crippen molar-refractivity contribution in [1.29, 1.82) is 0 Å². The summed E-state index contributed by atoms with van der Waals surface area (Å²) in [5.74, 6) is 0.753. The van der Waals surface area contributed by atoms with Crippen molar-refractivity contribution < 1.29 is 19.2 Å². The number of nitrogens with zero attached hydrogens (tertiary/aromatic N) is 2. The quantitative estimate of drug-likeness (QED) is 0.838. The Balaban J connectivity index is 1.66. The van der Waals surface area contributed by atoms with Gasteiger partial charge in [0.1, 0.15) is 5.92 Å². The first-order chi connectivity index (χ1) is 10.4. The number of carbonyl (C=O) groups excluding carboxylic acids is 1. The van der Waals surface area contributed by atoms with Crippen LogP contribution in [0.3, 0.4) is 0 Å². The Hall–Kier alpha value is -1.56. The SMILES string of the molecule is CCOC(=O)C(c1cc(N2CC3(CC(O)C3)C2)no1)C(C)C. The van der Waals surface area contributed by atoms with Gasteiger partial charge in [0.25, 0.3) is 0 Å². The molecule has 1 unspecified atom stereocenters. The van der Waals surface area contributed by atoms with E-state index in [0.29, 0.717) is 12.4 Å². The number of rotatable bonds is 5. The molecule has 2 aliphatic rings. The molecule has 3 rings (SSSR count). The number of hydrogen-bond acceptors (Lipinski definition) is 6. The first-order valence-electron chi connectivity index (χ1n) is 8.00. The molecular weight excluding hydrogens is 284 g/mol. The van der Waals surface area contributed by atoms with Crippen LogP contribution in [0.5, 0.6) is 0 Å². The van der Waals surface area contributed by atoms with E-state index in [4.69, 9.17) is 9.26 Å². The van der Waals surface area contributed by atoms with Crippen LogP contribution in [0.2, 0.25) is 0 Å². The average molecular weight is 308 g/mol. The molecule has 0 radical (unpaired) electrons. The Bertz CT molecular complexity index is 540. The summed E-state index contributed by atoms with van der Waals surface area (Å²) in [5, 5.41) is 13.6. The summed E-state index contributed by atoms with van der Waals surface area (Å²) < 4.78 is 10.5. The van der Waals surface area contributed by atoms with Crippen LogP contribution in [0.25, 0.3) is 0 Å². The van der Waals surface area contributed by atoms with Crippen molar-refractivity contribution in [1.82, 2.24) is 5.16 Å². The largest absolute Gasteiger partial charge is 0.465 e. The molecule has 1 aliphatic heterocycles. The van der Waals surface area contributed by atoms with Gasteiger partial charge in [-0.3, -0.25) is 4.79 Å². The van der Waals surface area contributed by atoms with Gasteiger partial charge in [-0.1, -0.05) is 19.0 Å². The molecule has 0 aromatic carbocycles. The lowest BCUT2D eigenvalue weighted by Gasteiger charge is -2.57. The Morgan fingerprint density at radius 2 is 2.23 bits per heavy atom. The molecular formula is C16H24N2O4. The second kappa shape index (κ2) is 5.57. The van der Waals surface area contributed by atoms with E-state index >= 15 is 0 Å². The molecule has 1 aliphatic carbocycles. The molecule has 2 heterocycles. The number of aromatic nitrogens is 1. The normalized spacial score (nSPS) is 21.6. The number of esters is 1. The van der Waals surface area contributed by atoms with Gasteiger partial charge in [0.05, 0.1) is 12.7 Å². The van der Waals surface area contributed by atoms with Gasteiger partial charge >= 0.3 is 5.97 Å². The second-order valence-corrected chi connectivity index (χ2v) is 6.98. The fraction of sp³-hybridized carbons (Fsp3) is 0.750. The van der Waals surface area contributed by atoms with Crippen LogP contribution < -0.4 is 4.90 Å². The zero-order valence-corrected chi connectivity index (χ0v) is 13.4. The van der Waals surface area contributed by atoms with Crippen molar-refractivity contribution in [2.75, 3.05) is 24.6 Å². The van der Waals surface area contributed by atoms with Gasteiger partial charge in [-0.2, -0.15) is 0 Å². The van der Waals surface area contributed by atoms with E-state index in [1.54, 1.807) is 6.92 Å².